The van der Waals surface area contributed by atoms with Gasteiger partial charge in [-0.05, 0) is 112 Å². The van der Waals surface area contributed by atoms with Gasteiger partial charge < -0.3 is 14.7 Å². The van der Waals surface area contributed by atoms with Gasteiger partial charge in [-0.15, -0.1) is 0 Å². The van der Waals surface area contributed by atoms with E-state index < -0.39 is 5.82 Å². The van der Waals surface area contributed by atoms with Gasteiger partial charge >= 0.3 is 6.01 Å². The van der Waals surface area contributed by atoms with Crippen molar-refractivity contribution < 1.29 is 18.6 Å². The fourth-order valence-corrected chi connectivity index (χ4v) is 8.41. The van der Waals surface area contributed by atoms with Crippen LogP contribution in [0.1, 0.15) is 69.5 Å². The van der Waals surface area contributed by atoms with E-state index in [0.717, 1.165) is 76.7 Å². The largest absolute Gasteiger partial charge is 0.508 e. The standard InChI is InChI=1S/C34H37F2N5O2/c1-2-23-25(35)10-8-20-17-22(42)18-24(27(20)23)30-29(36)31-28-26(37-30)11-9-21-7-3-4-16-41(21)32(28)39-33(38-31)43-19-34-12-5-14-40(34)15-6-13-34/h8,10,17-18,21,42H,2-7,9,11-16,19H2,1H3. The number of piperidine rings is 1. The van der Waals surface area contributed by atoms with Crippen LogP contribution in [0.4, 0.5) is 14.6 Å². The molecule has 0 spiro atoms. The first kappa shape index (κ1) is 27.0. The molecule has 43 heavy (non-hydrogen) atoms. The van der Waals surface area contributed by atoms with Crippen LogP contribution in [0.5, 0.6) is 11.8 Å². The molecule has 0 aliphatic carbocycles. The Hall–Kier alpha value is -3.59. The van der Waals surface area contributed by atoms with E-state index in [-0.39, 0.29) is 34.3 Å². The average molecular weight is 586 g/mol. The minimum atomic E-state index is -0.595. The van der Waals surface area contributed by atoms with Crippen molar-refractivity contribution in [3.63, 3.8) is 0 Å². The van der Waals surface area contributed by atoms with Gasteiger partial charge in [0.05, 0.1) is 16.6 Å². The highest BCUT2D eigenvalue weighted by atomic mass is 19.1. The summed E-state index contributed by atoms with van der Waals surface area (Å²) in [7, 11) is 0. The molecule has 0 saturated carbocycles. The van der Waals surface area contributed by atoms with E-state index in [4.69, 9.17) is 19.7 Å². The molecule has 1 atom stereocenters. The van der Waals surface area contributed by atoms with Crippen LogP contribution in [0.15, 0.2) is 24.3 Å². The predicted molar refractivity (Wildman–Crippen MR) is 163 cm³/mol. The molecular formula is C34H37F2N5O2. The summed E-state index contributed by atoms with van der Waals surface area (Å²) in [5.41, 5.74) is 1.86. The third kappa shape index (κ3) is 4.25. The number of nitrogens with zero attached hydrogens (tertiary/aromatic N) is 5. The van der Waals surface area contributed by atoms with Gasteiger partial charge in [0.2, 0.25) is 0 Å². The second-order valence-corrected chi connectivity index (χ2v) is 12.8. The van der Waals surface area contributed by atoms with Crippen molar-refractivity contribution in [3.8, 4) is 23.0 Å². The summed E-state index contributed by atoms with van der Waals surface area (Å²) in [6, 6.07) is 6.60. The number of aromatic hydroxyl groups is 1. The summed E-state index contributed by atoms with van der Waals surface area (Å²) in [6.07, 6.45) is 9.73. The van der Waals surface area contributed by atoms with Gasteiger partial charge in [-0.2, -0.15) is 9.97 Å². The van der Waals surface area contributed by atoms with E-state index >= 15 is 8.78 Å². The molecule has 7 nitrogen and oxygen atoms in total. The van der Waals surface area contributed by atoms with Crippen LogP contribution in [0.25, 0.3) is 32.9 Å². The number of rotatable bonds is 5. The number of hydrogen-bond donors (Lipinski definition) is 1. The SMILES string of the molecule is CCc1c(F)ccc2cc(O)cc(-c3nc4c5c(nc(OCC67CCCN6CCC7)nc5c3F)N3CCCCC3CC4)c12. The highest BCUT2D eigenvalue weighted by molar-refractivity contribution is 6.02. The molecular weight excluding hydrogens is 548 g/mol. The molecule has 8 rings (SSSR count). The topological polar surface area (TPSA) is 74.6 Å². The quantitative estimate of drug-likeness (QED) is 0.279. The molecule has 0 amide bonds. The molecule has 4 aliphatic rings. The number of ether oxygens (including phenoxy) is 1. The summed E-state index contributed by atoms with van der Waals surface area (Å²) >= 11 is 0. The van der Waals surface area contributed by atoms with Crippen molar-refractivity contribution in [2.75, 3.05) is 31.1 Å². The van der Waals surface area contributed by atoms with Gasteiger partial charge in [0.15, 0.2) is 5.82 Å². The van der Waals surface area contributed by atoms with Crippen molar-refractivity contribution in [3.05, 3.63) is 47.2 Å². The molecule has 4 aliphatic heterocycles. The van der Waals surface area contributed by atoms with Crippen LogP contribution in [0, 0.1) is 11.6 Å². The number of phenols is 1. The summed E-state index contributed by atoms with van der Waals surface area (Å²) in [6.45, 7) is 5.40. The predicted octanol–water partition coefficient (Wildman–Crippen LogP) is 6.70. The monoisotopic (exact) mass is 585 g/mol. The minimum absolute atomic E-state index is 0.00825. The van der Waals surface area contributed by atoms with Gasteiger partial charge in [0.25, 0.3) is 0 Å². The maximum Gasteiger partial charge on any atom is 0.319 e. The number of fused-ring (bicyclic) bond motifs is 4. The lowest BCUT2D eigenvalue weighted by Gasteiger charge is -2.36. The van der Waals surface area contributed by atoms with Crippen LogP contribution in [0.3, 0.4) is 0 Å². The Balaban J connectivity index is 1.34. The molecule has 4 aromatic rings. The fourth-order valence-electron chi connectivity index (χ4n) is 8.41. The number of pyridine rings is 1. The summed E-state index contributed by atoms with van der Waals surface area (Å²) in [5, 5.41) is 12.5. The maximum atomic E-state index is 17.0. The Morgan fingerprint density at radius 2 is 1.81 bits per heavy atom. The second kappa shape index (κ2) is 10.3. The van der Waals surface area contributed by atoms with Crippen LogP contribution < -0.4 is 9.64 Å². The number of anilines is 1. The van der Waals surface area contributed by atoms with Crippen molar-refractivity contribution in [1.29, 1.82) is 0 Å². The zero-order chi connectivity index (χ0) is 29.3. The number of benzene rings is 2. The summed E-state index contributed by atoms with van der Waals surface area (Å²) < 4.78 is 38.4. The lowest BCUT2D eigenvalue weighted by atomic mass is 9.94. The fraction of sp³-hybridized carbons (Fsp3) is 0.500. The van der Waals surface area contributed by atoms with E-state index in [2.05, 4.69) is 9.80 Å². The number of aromatic nitrogens is 3. The van der Waals surface area contributed by atoms with Gasteiger partial charge in [0.1, 0.15) is 35.2 Å². The van der Waals surface area contributed by atoms with Crippen LogP contribution in [-0.2, 0) is 12.8 Å². The van der Waals surface area contributed by atoms with E-state index in [1.807, 2.05) is 6.92 Å². The van der Waals surface area contributed by atoms with Crippen molar-refractivity contribution >= 4 is 27.5 Å². The van der Waals surface area contributed by atoms with E-state index in [9.17, 15) is 5.11 Å². The normalized spacial score (nSPS) is 21.3. The second-order valence-electron chi connectivity index (χ2n) is 12.8. The Bertz CT molecular complexity index is 1750. The summed E-state index contributed by atoms with van der Waals surface area (Å²) in [4.78, 5) is 19.5. The molecule has 3 saturated heterocycles. The Morgan fingerprint density at radius 1 is 0.977 bits per heavy atom. The molecule has 1 unspecified atom stereocenters. The first-order valence-corrected chi connectivity index (χ1v) is 15.9. The Labute approximate surface area is 249 Å². The minimum Gasteiger partial charge on any atom is -0.508 e. The van der Waals surface area contributed by atoms with Gasteiger partial charge in [0, 0.05) is 18.2 Å². The number of halogens is 2. The lowest BCUT2D eigenvalue weighted by molar-refractivity contribution is 0.108. The molecule has 0 radical (unpaired) electrons. The van der Waals surface area contributed by atoms with E-state index in [1.165, 1.54) is 12.1 Å². The van der Waals surface area contributed by atoms with Crippen molar-refractivity contribution in [1.82, 2.24) is 19.9 Å². The van der Waals surface area contributed by atoms with Gasteiger partial charge in [-0.25, -0.2) is 13.8 Å². The first-order chi connectivity index (χ1) is 21.0. The first-order valence-electron chi connectivity index (χ1n) is 15.9. The molecule has 3 fully saturated rings. The highest BCUT2D eigenvalue weighted by Gasteiger charge is 2.45. The third-order valence-electron chi connectivity index (χ3n) is 10.5. The number of aryl methyl sites for hydroxylation is 2. The van der Waals surface area contributed by atoms with Gasteiger partial charge in [-0.3, -0.25) is 4.90 Å². The van der Waals surface area contributed by atoms with Crippen LogP contribution in [0.2, 0.25) is 0 Å². The Morgan fingerprint density at radius 3 is 2.63 bits per heavy atom. The lowest BCUT2D eigenvalue weighted by Crippen LogP contribution is -2.43. The zero-order valence-electron chi connectivity index (χ0n) is 24.6. The highest BCUT2D eigenvalue weighted by Crippen LogP contribution is 2.44. The molecule has 224 valence electrons. The molecule has 2 aromatic carbocycles. The smallest absolute Gasteiger partial charge is 0.319 e. The molecule has 0 bridgehead atoms. The van der Waals surface area contributed by atoms with E-state index in [0.29, 0.717) is 58.6 Å². The number of hydrogen-bond acceptors (Lipinski definition) is 7. The number of phenolic OH excluding ortho intramolecular Hbond substituents is 1. The van der Waals surface area contributed by atoms with Gasteiger partial charge in [-0.1, -0.05) is 13.0 Å². The van der Waals surface area contributed by atoms with Crippen molar-refractivity contribution in [2.24, 2.45) is 0 Å². The van der Waals surface area contributed by atoms with Crippen LogP contribution >= 0.6 is 0 Å². The third-order valence-corrected chi connectivity index (χ3v) is 10.5. The summed E-state index contributed by atoms with van der Waals surface area (Å²) in [5.74, 6) is -0.263. The van der Waals surface area contributed by atoms with Crippen LogP contribution in [-0.4, -0.2) is 62.8 Å². The molecule has 1 N–H and O–H groups in total. The maximum absolute atomic E-state index is 17.0. The zero-order valence-corrected chi connectivity index (χ0v) is 24.6. The molecule has 2 aromatic heterocycles. The molecule has 6 heterocycles. The Kier molecular flexibility index (Phi) is 6.44. The molecule has 9 heteroatoms. The van der Waals surface area contributed by atoms with Crippen molar-refractivity contribution in [2.45, 2.75) is 82.7 Å². The van der Waals surface area contributed by atoms with E-state index in [1.54, 1.807) is 12.1 Å². The average Bonchev–Trinajstić information content (AvgIpc) is 3.56.